The molecule has 2 rings (SSSR count). The van der Waals surface area contributed by atoms with E-state index in [1.807, 2.05) is 24.4 Å². The number of pyridine rings is 1. The molecule has 0 bridgehead atoms. The summed E-state index contributed by atoms with van der Waals surface area (Å²) in [6, 6.07) is 5.89. The number of aromatic nitrogens is 1. The first-order valence-electron chi connectivity index (χ1n) is 4.52. The molecule has 0 aromatic carbocycles. The predicted octanol–water partition coefficient (Wildman–Crippen LogP) is 3.21. The molecule has 0 saturated heterocycles. The molecule has 2 aromatic rings. The Bertz CT molecular complexity index is 397. The Hall–Kier alpha value is -1.35. The van der Waals surface area contributed by atoms with E-state index in [9.17, 15) is 0 Å². The van der Waals surface area contributed by atoms with Crippen molar-refractivity contribution >= 4 is 11.3 Å². The average molecular weight is 205 g/mol. The standard InChI is InChI=1S/C11H11NOS/c1-2-13-10-4-3-6-12-11(10)9-5-7-14-8-9/h3-8H,2H2,1H3. The summed E-state index contributed by atoms with van der Waals surface area (Å²) in [7, 11) is 0. The fourth-order valence-corrected chi connectivity index (χ4v) is 1.92. The maximum atomic E-state index is 5.50. The highest BCUT2D eigenvalue weighted by Gasteiger charge is 2.06. The van der Waals surface area contributed by atoms with Gasteiger partial charge in [-0.05, 0) is 30.5 Å². The van der Waals surface area contributed by atoms with Gasteiger partial charge in [0.15, 0.2) is 0 Å². The zero-order chi connectivity index (χ0) is 9.80. The number of rotatable bonds is 3. The summed E-state index contributed by atoms with van der Waals surface area (Å²) in [5.74, 6) is 0.855. The number of thiophene rings is 1. The van der Waals surface area contributed by atoms with Gasteiger partial charge in [-0.25, -0.2) is 0 Å². The Balaban J connectivity index is 2.42. The summed E-state index contributed by atoms with van der Waals surface area (Å²) in [5, 5.41) is 4.12. The molecule has 0 spiro atoms. The van der Waals surface area contributed by atoms with Gasteiger partial charge < -0.3 is 4.74 Å². The topological polar surface area (TPSA) is 22.1 Å². The summed E-state index contributed by atoms with van der Waals surface area (Å²) >= 11 is 1.67. The molecule has 0 aliphatic rings. The second-order valence-corrected chi connectivity index (χ2v) is 3.58. The molecule has 2 aromatic heterocycles. The summed E-state index contributed by atoms with van der Waals surface area (Å²) < 4.78 is 5.50. The van der Waals surface area contributed by atoms with Crippen LogP contribution in [0, 0.1) is 0 Å². The van der Waals surface area contributed by atoms with Gasteiger partial charge in [-0.2, -0.15) is 11.3 Å². The largest absolute Gasteiger partial charge is 0.492 e. The van der Waals surface area contributed by atoms with Gasteiger partial charge in [0.2, 0.25) is 0 Å². The van der Waals surface area contributed by atoms with E-state index in [2.05, 4.69) is 16.4 Å². The molecule has 0 aliphatic carbocycles. The molecule has 14 heavy (non-hydrogen) atoms. The van der Waals surface area contributed by atoms with Gasteiger partial charge in [-0.3, -0.25) is 4.98 Å². The van der Waals surface area contributed by atoms with Gasteiger partial charge in [0.25, 0.3) is 0 Å². The third-order valence-electron chi connectivity index (χ3n) is 1.87. The van der Waals surface area contributed by atoms with Crippen LogP contribution in [0.3, 0.4) is 0 Å². The molecule has 0 N–H and O–H groups in total. The van der Waals surface area contributed by atoms with Crippen LogP contribution in [0.25, 0.3) is 11.3 Å². The maximum Gasteiger partial charge on any atom is 0.145 e. The highest BCUT2D eigenvalue weighted by Crippen LogP contribution is 2.28. The Kier molecular flexibility index (Phi) is 2.79. The van der Waals surface area contributed by atoms with Crippen molar-refractivity contribution in [2.75, 3.05) is 6.61 Å². The minimum Gasteiger partial charge on any atom is -0.492 e. The Morgan fingerprint density at radius 1 is 1.43 bits per heavy atom. The lowest BCUT2D eigenvalue weighted by atomic mass is 10.2. The number of hydrogen-bond donors (Lipinski definition) is 0. The third kappa shape index (κ3) is 1.77. The van der Waals surface area contributed by atoms with E-state index in [1.165, 1.54) is 0 Å². The monoisotopic (exact) mass is 205 g/mol. The van der Waals surface area contributed by atoms with E-state index < -0.39 is 0 Å². The third-order valence-corrected chi connectivity index (χ3v) is 2.55. The van der Waals surface area contributed by atoms with Crippen LogP contribution in [0.4, 0.5) is 0 Å². The molecule has 0 radical (unpaired) electrons. The zero-order valence-electron chi connectivity index (χ0n) is 7.93. The molecule has 72 valence electrons. The average Bonchev–Trinajstić information content (AvgIpc) is 2.72. The van der Waals surface area contributed by atoms with Crippen LogP contribution in [-0.4, -0.2) is 11.6 Å². The van der Waals surface area contributed by atoms with Crippen LogP contribution in [-0.2, 0) is 0 Å². The highest BCUT2D eigenvalue weighted by atomic mass is 32.1. The van der Waals surface area contributed by atoms with Crippen LogP contribution in [0.15, 0.2) is 35.2 Å². The van der Waals surface area contributed by atoms with Gasteiger partial charge in [0.1, 0.15) is 11.4 Å². The molecule has 0 amide bonds. The Morgan fingerprint density at radius 2 is 2.36 bits per heavy atom. The minimum atomic E-state index is 0.669. The first-order chi connectivity index (χ1) is 6.92. The van der Waals surface area contributed by atoms with Crippen molar-refractivity contribution in [1.29, 1.82) is 0 Å². The summed E-state index contributed by atoms with van der Waals surface area (Å²) in [6.45, 7) is 2.65. The van der Waals surface area contributed by atoms with Gasteiger partial charge >= 0.3 is 0 Å². The van der Waals surface area contributed by atoms with Gasteiger partial charge in [0, 0.05) is 17.1 Å². The fourth-order valence-electron chi connectivity index (χ4n) is 1.28. The fraction of sp³-hybridized carbons (Fsp3) is 0.182. The molecule has 0 unspecified atom stereocenters. The smallest absolute Gasteiger partial charge is 0.145 e. The predicted molar refractivity (Wildman–Crippen MR) is 58.7 cm³/mol. The van der Waals surface area contributed by atoms with Crippen molar-refractivity contribution in [2.24, 2.45) is 0 Å². The number of ether oxygens (including phenoxy) is 1. The van der Waals surface area contributed by atoms with Crippen LogP contribution in [0.1, 0.15) is 6.92 Å². The first kappa shape index (κ1) is 9.21. The summed E-state index contributed by atoms with van der Waals surface area (Å²) in [5.41, 5.74) is 2.05. The van der Waals surface area contributed by atoms with E-state index in [-0.39, 0.29) is 0 Å². The molecule has 0 saturated carbocycles. The van der Waals surface area contributed by atoms with Gasteiger partial charge in [0.05, 0.1) is 6.61 Å². The lowest BCUT2D eigenvalue weighted by Gasteiger charge is -2.06. The van der Waals surface area contributed by atoms with Crippen LogP contribution < -0.4 is 4.74 Å². The molecule has 2 nitrogen and oxygen atoms in total. The van der Waals surface area contributed by atoms with Gasteiger partial charge in [-0.1, -0.05) is 0 Å². The van der Waals surface area contributed by atoms with E-state index >= 15 is 0 Å². The Labute approximate surface area is 87.2 Å². The molecule has 0 fully saturated rings. The molecule has 2 heterocycles. The quantitative estimate of drug-likeness (QED) is 0.767. The van der Waals surface area contributed by atoms with E-state index in [0.29, 0.717) is 6.61 Å². The second-order valence-electron chi connectivity index (χ2n) is 2.80. The second kappa shape index (κ2) is 4.24. The molecule has 0 atom stereocenters. The highest BCUT2D eigenvalue weighted by molar-refractivity contribution is 7.08. The van der Waals surface area contributed by atoms with Crippen LogP contribution in [0.2, 0.25) is 0 Å². The Morgan fingerprint density at radius 3 is 3.07 bits per heavy atom. The van der Waals surface area contributed by atoms with Crippen molar-refractivity contribution in [3.8, 4) is 17.0 Å². The van der Waals surface area contributed by atoms with Crippen molar-refractivity contribution in [2.45, 2.75) is 6.92 Å². The molecule has 3 heteroatoms. The molecule has 0 aliphatic heterocycles. The SMILES string of the molecule is CCOc1cccnc1-c1ccsc1. The summed E-state index contributed by atoms with van der Waals surface area (Å²) in [4.78, 5) is 4.32. The molecular weight excluding hydrogens is 194 g/mol. The number of nitrogens with zero attached hydrogens (tertiary/aromatic N) is 1. The van der Waals surface area contributed by atoms with Crippen molar-refractivity contribution in [3.05, 3.63) is 35.2 Å². The van der Waals surface area contributed by atoms with E-state index in [0.717, 1.165) is 17.0 Å². The lowest BCUT2D eigenvalue weighted by Crippen LogP contribution is -1.94. The lowest BCUT2D eigenvalue weighted by molar-refractivity contribution is 0.340. The van der Waals surface area contributed by atoms with Gasteiger partial charge in [-0.15, -0.1) is 0 Å². The van der Waals surface area contributed by atoms with Crippen molar-refractivity contribution in [3.63, 3.8) is 0 Å². The van der Waals surface area contributed by atoms with Crippen molar-refractivity contribution in [1.82, 2.24) is 4.98 Å². The van der Waals surface area contributed by atoms with Crippen LogP contribution >= 0.6 is 11.3 Å². The molecular formula is C11H11NOS. The van der Waals surface area contributed by atoms with Crippen molar-refractivity contribution < 1.29 is 4.74 Å². The minimum absolute atomic E-state index is 0.669. The summed E-state index contributed by atoms with van der Waals surface area (Å²) in [6.07, 6.45) is 1.79. The van der Waals surface area contributed by atoms with E-state index in [1.54, 1.807) is 17.5 Å². The van der Waals surface area contributed by atoms with Crippen LogP contribution in [0.5, 0.6) is 5.75 Å². The normalized spacial score (nSPS) is 10.1. The first-order valence-corrected chi connectivity index (χ1v) is 5.46. The number of hydrogen-bond acceptors (Lipinski definition) is 3. The van der Waals surface area contributed by atoms with E-state index in [4.69, 9.17) is 4.74 Å². The zero-order valence-corrected chi connectivity index (χ0v) is 8.75. The maximum absolute atomic E-state index is 5.50.